The molecule has 1 saturated heterocycles. The second-order valence-electron chi connectivity index (χ2n) is 4.15. The highest BCUT2D eigenvalue weighted by Gasteiger charge is 2.24. The molecule has 1 aromatic rings. The van der Waals surface area contributed by atoms with Gasteiger partial charge in [-0.25, -0.2) is 0 Å². The molecule has 1 aliphatic heterocycles. The van der Waals surface area contributed by atoms with Crippen LogP contribution in [0.2, 0.25) is 0 Å². The van der Waals surface area contributed by atoms with Gasteiger partial charge in [0.1, 0.15) is 6.10 Å². The summed E-state index contributed by atoms with van der Waals surface area (Å²) in [6.45, 7) is 2.83. The first-order chi connectivity index (χ1) is 8.27. The number of ether oxygens (including phenoxy) is 1. The van der Waals surface area contributed by atoms with E-state index in [0.29, 0.717) is 13.2 Å². The second-order valence-corrected chi connectivity index (χ2v) is 5.18. The Labute approximate surface area is 106 Å². The van der Waals surface area contributed by atoms with E-state index in [0.717, 1.165) is 19.5 Å². The summed E-state index contributed by atoms with van der Waals surface area (Å²) in [4.78, 5) is 15.1. The first-order valence-electron chi connectivity index (χ1n) is 5.87. The maximum atomic E-state index is 12.0. The predicted molar refractivity (Wildman–Crippen MR) is 68.3 cm³/mol. The van der Waals surface area contributed by atoms with E-state index >= 15 is 0 Å². The number of carbonyl (C=O) groups is 1. The third-order valence-corrected chi connectivity index (χ3v) is 3.79. The Kier molecular flexibility index (Phi) is 4.53. The summed E-state index contributed by atoms with van der Waals surface area (Å²) in [6, 6.07) is 4.14. The zero-order valence-corrected chi connectivity index (χ0v) is 10.8. The van der Waals surface area contributed by atoms with Crippen molar-refractivity contribution in [2.75, 3.05) is 33.3 Å². The van der Waals surface area contributed by atoms with Crippen LogP contribution >= 0.6 is 11.3 Å². The van der Waals surface area contributed by atoms with Crippen molar-refractivity contribution in [1.82, 2.24) is 10.2 Å². The Morgan fingerprint density at radius 1 is 1.71 bits per heavy atom. The Hall–Kier alpha value is -0.910. The smallest absolute Gasteiger partial charge is 0.252 e. The lowest BCUT2D eigenvalue weighted by Gasteiger charge is -2.27. The van der Waals surface area contributed by atoms with Crippen LogP contribution in [0.4, 0.5) is 0 Å². The molecule has 1 aliphatic rings. The molecule has 4 nitrogen and oxygen atoms in total. The van der Waals surface area contributed by atoms with E-state index in [9.17, 15) is 4.79 Å². The molecule has 0 saturated carbocycles. The average molecular weight is 254 g/mol. The van der Waals surface area contributed by atoms with Gasteiger partial charge in [-0.1, -0.05) is 6.07 Å². The zero-order chi connectivity index (χ0) is 12.1. The molecule has 5 heteroatoms. The van der Waals surface area contributed by atoms with Crippen LogP contribution in [0.15, 0.2) is 17.5 Å². The number of carbonyl (C=O) groups excluding carboxylic acids is 1. The van der Waals surface area contributed by atoms with Crippen LogP contribution in [0.5, 0.6) is 0 Å². The van der Waals surface area contributed by atoms with Gasteiger partial charge in [-0.05, 0) is 17.9 Å². The van der Waals surface area contributed by atoms with Gasteiger partial charge >= 0.3 is 0 Å². The normalized spacial score (nSPS) is 20.2. The highest BCUT2D eigenvalue weighted by Crippen LogP contribution is 2.10. The largest absolute Gasteiger partial charge is 0.366 e. The summed E-state index contributed by atoms with van der Waals surface area (Å²) >= 11 is 1.73. The Morgan fingerprint density at radius 2 is 2.59 bits per heavy atom. The van der Waals surface area contributed by atoms with Crippen LogP contribution in [-0.4, -0.2) is 50.2 Å². The van der Waals surface area contributed by atoms with Crippen molar-refractivity contribution >= 4 is 17.2 Å². The first-order valence-corrected chi connectivity index (χ1v) is 6.75. The fourth-order valence-electron chi connectivity index (χ4n) is 1.81. The number of likely N-dealkylation sites (N-methyl/N-ethyl adjacent to an activating group) is 1. The van der Waals surface area contributed by atoms with Crippen molar-refractivity contribution in [3.63, 3.8) is 0 Å². The van der Waals surface area contributed by atoms with E-state index in [2.05, 4.69) is 16.8 Å². The Morgan fingerprint density at radius 3 is 3.24 bits per heavy atom. The van der Waals surface area contributed by atoms with Gasteiger partial charge in [0.25, 0.3) is 5.91 Å². The first kappa shape index (κ1) is 12.5. The number of nitrogens with one attached hydrogen (secondary N) is 1. The van der Waals surface area contributed by atoms with Gasteiger partial charge in [0.2, 0.25) is 0 Å². The van der Waals surface area contributed by atoms with Gasteiger partial charge in [-0.15, -0.1) is 11.3 Å². The molecule has 0 spiro atoms. The third-order valence-electron chi connectivity index (χ3n) is 2.85. The van der Waals surface area contributed by atoms with E-state index in [-0.39, 0.29) is 12.0 Å². The third kappa shape index (κ3) is 3.52. The number of amides is 1. The standard InChI is InChI=1S/C12H18N2O2S/c1-14(6-4-10-3-2-8-17-10)12(15)11-9-13-5-7-16-11/h2-3,8,11,13H,4-7,9H2,1H3. The number of hydrogen-bond donors (Lipinski definition) is 1. The molecule has 1 fully saturated rings. The second kappa shape index (κ2) is 6.14. The van der Waals surface area contributed by atoms with E-state index < -0.39 is 0 Å². The van der Waals surface area contributed by atoms with Gasteiger partial charge in [0.15, 0.2) is 0 Å². The zero-order valence-electron chi connectivity index (χ0n) is 10.0. The minimum Gasteiger partial charge on any atom is -0.366 e. The molecular weight excluding hydrogens is 236 g/mol. The summed E-state index contributed by atoms with van der Waals surface area (Å²) in [5, 5.41) is 5.23. The minimum atomic E-state index is -0.308. The maximum absolute atomic E-state index is 12.0. The summed E-state index contributed by atoms with van der Waals surface area (Å²) in [5.74, 6) is 0.0776. The van der Waals surface area contributed by atoms with Crippen LogP contribution in [0.3, 0.4) is 0 Å². The van der Waals surface area contributed by atoms with Gasteiger partial charge in [-0.3, -0.25) is 4.79 Å². The van der Waals surface area contributed by atoms with Crippen LogP contribution in [0.25, 0.3) is 0 Å². The molecule has 1 unspecified atom stereocenters. The highest BCUT2D eigenvalue weighted by molar-refractivity contribution is 7.09. The molecule has 1 N–H and O–H groups in total. The molecule has 2 heterocycles. The van der Waals surface area contributed by atoms with Crippen LogP contribution in [0.1, 0.15) is 4.88 Å². The minimum absolute atomic E-state index is 0.0776. The van der Waals surface area contributed by atoms with E-state index in [1.807, 2.05) is 13.1 Å². The fourth-order valence-corrected chi connectivity index (χ4v) is 2.51. The predicted octanol–water partition coefficient (Wildman–Crippen LogP) is 0.737. The summed E-state index contributed by atoms with van der Waals surface area (Å²) < 4.78 is 5.45. The molecular formula is C12H18N2O2S. The topological polar surface area (TPSA) is 41.6 Å². The van der Waals surface area contributed by atoms with Gasteiger partial charge in [0, 0.05) is 31.6 Å². The number of rotatable bonds is 4. The molecule has 0 aromatic carbocycles. The van der Waals surface area contributed by atoms with Crippen LogP contribution < -0.4 is 5.32 Å². The van der Waals surface area contributed by atoms with Crippen molar-refractivity contribution in [3.05, 3.63) is 22.4 Å². The molecule has 0 bridgehead atoms. The lowest BCUT2D eigenvalue weighted by atomic mass is 10.2. The maximum Gasteiger partial charge on any atom is 0.252 e. The van der Waals surface area contributed by atoms with E-state index in [4.69, 9.17) is 4.74 Å². The number of thiophene rings is 1. The number of nitrogens with zero attached hydrogens (tertiary/aromatic N) is 1. The molecule has 1 aromatic heterocycles. The quantitative estimate of drug-likeness (QED) is 0.861. The lowest BCUT2D eigenvalue weighted by molar-refractivity contribution is -0.143. The van der Waals surface area contributed by atoms with Gasteiger partial charge < -0.3 is 15.0 Å². The van der Waals surface area contributed by atoms with Crippen molar-refractivity contribution in [2.45, 2.75) is 12.5 Å². The van der Waals surface area contributed by atoms with Crippen molar-refractivity contribution in [3.8, 4) is 0 Å². The summed E-state index contributed by atoms with van der Waals surface area (Å²) in [7, 11) is 1.84. The monoisotopic (exact) mass is 254 g/mol. The van der Waals surface area contributed by atoms with Gasteiger partial charge in [0.05, 0.1) is 6.61 Å². The molecule has 0 radical (unpaired) electrons. The number of hydrogen-bond acceptors (Lipinski definition) is 4. The van der Waals surface area contributed by atoms with E-state index in [1.54, 1.807) is 16.2 Å². The summed E-state index contributed by atoms with van der Waals surface area (Å²) in [6.07, 6.45) is 0.608. The molecule has 2 rings (SSSR count). The molecule has 17 heavy (non-hydrogen) atoms. The SMILES string of the molecule is CN(CCc1cccs1)C(=O)C1CNCCO1. The Bertz CT molecular complexity index is 347. The van der Waals surface area contributed by atoms with Gasteiger partial charge in [-0.2, -0.15) is 0 Å². The number of morpholine rings is 1. The van der Waals surface area contributed by atoms with Crippen LogP contribution in [-0.2, 0) is 16.0 Å². The average Bonchev–Trinajstić information content (AvgIpc) is 2.89. The highest BCUT2D eigenvalue weighted by atomic mass is 32.1. The fraction of sp³-hybridized carbons (Fsp3) is 0.583. The lowest BCUT2D eigenvalue weighted by Crippen LogP contribution is -2.48. The molecule has 94 valence electrons. The Balaban J connectivity index is 1.78. The van der Waals surface area contributed by atoms with Crippen LogP contribution in [0, 0.1) is 0 Å². The van der Waals surface area contributed by atoms with Crippen molar-refractivity contribution in [2.24, 2.45) is 0 Å². The van der Waals surface area contributed by atoms with Crippen molar-refractivity contribution in [1.29, 1.82) is 0 Å². The molecule has 0 aliphatic carbocycles. The summed E-state index contributed by atoms with van der Waals surface area (Å²) in [5.41, 5.74) is 0. The molecule has 1 atom stereocenters. The van der Waals surface area contributed by atoms with E-state index in [1.165, 1.54) is 4.88 Å². The van der Waals surface area contributed by atoms with Crippen molar-refractivity contribution < 1.29 is 9.53 Å². The molecule has 1 amide bonds.